The molecule has 7 heteroatoms. The summed E-state index contributed by atoms with van der Waals surface area (Å²) in [7, 11) is 0. The number of aromatic hydroxyl groups is 1. The van der Waals surface area contributed by atoms with Crippen LogP contribution < -0.4 is 0 Å². The molecule has 0 unspecified atom stereocenters. The molecule has 0 bridgehead atoms. The number of rotatable bonds is 3. The summed E-state index contributed by atoms with van der Waals surface area (Å²) >= 11 is 0. The summed E-state index contributed by atoms with van der Waals surface area (Å²) in [6.45, 7) is 3.17. The normalized spacial score (nSPS) is 17.3. The van der Waals surface area contributed by atoms with Gasteiger partial charge in [0.2, 0.25) is 0 Å². The van der Waals surface area contributed by atoms with Crippen LogP contribution in [0.5, 0.6) is 5.75 Å². The van der Waals surface area contributed by atoms with Crippen molar-refractivity contribution in [3.8, 4) is 5.75 Å². The molecule has 1 N–H and O–H groups in total. The van der Waals surface area contributed by atoms with Crippen molar-refractivity contribution < 1.29 is 19.6 Å². The van der Waals surface area contributed by atoms with E-state index in [0.717, 1.165) is 17.2 Å². The molecule has 1 atom stereocenters. The molecule has 1 saturated heterocycles. The molecule has 0 saturated carbocycles. The van der Waals surface area contributed by atoms with Gasteiger partial charge in [-0.05, 0) is 30.2 Å². The number of phenolic OH excluding ortho intramolecular Hbond substituents is 1. The van der Waals surface area contributed by atoms with Gasteiger partial charge in [-0.2, -0.15) is 0 Å². The number of amides is 1. The van der Waals surface area contributed by atoms with Crippen LogP contribution in [0.15, 0.2) is 42.5 Å². The Bertz CT molecular complexity index is 821. The van der Waals surface area contributed by atoms with Crippen molar-refractivity contribution in [1.82, 2.24) is 4.90 Å². The summed E-state index contributed by atoms with van der Waals surface area (Å²) in [5.74, 6) is -0.772. The van der Waals surface area contributed by atoms with Gasteiger partial charge in [0, 0.05) is 18.2 Å². The second kappa shape index (κ2) is 6.90. The SMILES string of the molecule is Cc1ccccc1[C@@H]1CN(C(=O)c2ccc(O)c([N+](=O)[O-])c2)CCO1. The molecule has 3 rings (SSSR count). The van der Waals surface area contributed by atoms with E-state index >= 15 is 0 Å². The minimum atomic E-state index is -0.707. The first kappa shape index (κ1) is 16.9. The maximum absolute atomic E-state index is 12.7. The van der Waals surface area contributed by atoms with Gasteiger partial charge in [0.15, 0.2) is 5.75 Å². The standard InChI is InChI=1S/C18H18N2O5/c1-12-4-2-3-5-14(12)17-11-19(8-9-25-17)18(22)13-6-7-16(21)15(10-13)20(23)24/h2-7,10,17,21H,8-9,11H2,1H3/t17-/m0/s1. The van der Waals surface area contributed by atoms with E-state index in [1.54, 1.807) is 4.90 Å². The quantitative estimate of drug-likeness (QED) is 0.684. The molecule has 2 aromatic carbocycles. The van der Waals surface area contributed by atoms with Crippen LogP contribution in [0.2, 0.25) is 0 Å². The molecule has 0 aliphatic carbocycles. The first-order valence-corrected chi connectivity index (χ1v) is 7.91. The third-order valence-corrected chi connectivity index (χ3v) is 4.31. The highest BCUT2D eigenvalue weighted by atomic mass is 16.6. The van der Waals surface area contributed by atoms with Gasteiger partial charge in [-0.25, -0.2) is 0 Å². The van der Waals surface area contributed by atoms with E-state index in [0.29, 0.717) is 19.7 Å². The van der Waals surface area contributed by atoms with Gasteiger partial charge >= 0.3 is 5.69 Å². The zero-order valence-corrected chi connectivity index (χ0v) is 13.7. The summed E-state index contributed by atoms with van der Waals surface area (Å²) in [5, 5.41) is 20.5. The Morgan fingerprint density at radius 3 is 2.80 bits per heavy atom. The molecule has 1 fully saturated rings. The first-order chi connectivity index (χ1) is 12.0. The lowest BCUT2D eigenvalue weighted by molar-refractivity contribution is -0.385. The number of aryl methyl sites for hydroxylation is 1. The molecule has 1 aliphatic rings. The number of carbonyl (C=O) groups is 1. The van der Waals surface area contributed by atoms with Crippen LogP contribution in [0.25, 0.3) is 0 Å². The summed E-state index contributed by atoms with van der Waals surface area (Å²) in [6.07, 6.45) is -0.231. The average Bonchev–Trinajstić information content (AvgIpc) is 2.62. The molecule has 0 radical (unpaired) electrons. The van der Waals surface area contributed by atoms with Crippen molar-refractivity contribution in [2.75, 3.05) is 19.7 Å². The largest absolute Gasteiger partial charge is 0.502 e. The molecule has 0 spiro atoms. The van der Waals surface area contributed by atoms with E-state index in [1.807, 2.05) is 31.2 Å². The Morgan fingerprint density at radius 2 is 2.08 bits per heavy atom. The monoisotopic (exact) mass is 342 g/mol. The van der Waals surface area contributed by atoms with Crippen LogP contribution in [-0.4, -0.2) is 40.5 Å². The van der Waals surface area contributed by atoms with Crippen LogP contribution in [-0.2, 0) is 4.74 Å². The van der Waals surface area contributed by atoms with Gasteiger partial charge in [-0.1, -0.05) is 24.3 Å². The lowest BCUT2D eigenvalue weighted by atomic mass is 10.0. The van der Waals surface area contributed by atoms with Crippen molar-refractivity contribution in [1.29, 1.82) is 0 Å². The molecule has 0 aromatic heterocycles. The topological polar surface area (TPSA) is 92.9 Å². The van der Waals surface area contributed by atoms with Crippen LogP contribution in [0.4, 0.5) is 5.69 Å². The second-order valence-electron chi connectivity index (χ2n) is 5.93. The third kappa shape index (κ3) is 3.46. The lowest BCUT2D eigenvalue weighted by Crippen LogP contribution is -2.42. The van der Waals surface area contributed by atoms with E-state index in [2.05, 4.69) is 0 Å². The Labute approximate surface area is 144 Å². The zero-order valence-electron chi connectivity index (χ0n) is 13.7. The van der Waals surface area contributed by atoms with Gasteiger partial charge < -0.3 is 14.7 Å². The molecule has 1 amide bonds. The molecule has 25 heavy (non-hydrogen) atoms. The number of phenols is 1. The fourth-order valence-electron chi connectivity index (χ4n) is 2.96. The average molecular weight is 342 g/mol. The number of nitrogens with zero attached hydrogens (tertiary/aromatic N) is 2. The summed E-state index contributed by atoms with van der Waals surface area (Å²) < 4.78 is 5.80. The van der Waals surface area contributed by atoms with Crippen LogP contribution in [0, 0.1) is 17.0 Å². The number of ether oxygens (including phenoxy) is 1. The van der Waals surface area contributed by atoms with Crippen molar-refractivity contribution in [2.24, 2.45) is 0 Å². The highest BCUT2D eigenvalue weighted by Crippen LogP contribution is 2.29. The Kier molecular flexibility index (Phi) is 4.67. The third-order valence-electron chi connectivity index (χ3n) is 4.31. The number of benzene rings is 2. The lowest BCUT2D eigenvalue weighted by Gasteiger charge is -2.33. The number of nitro groups is 1. The van der Waals surface area contributed by atoms with Crippen LogP contribution >= 0.6 is 0 Å². The number of carbonyl (C=O) groups excluding carboxylic acids is 1. The van der Waals surface area contributed by atoms with Gasteiger partial charge in [0.1, 0.15) is 6.10 Å². The molecule has 1 heterocycles. The predicted octanol–water partition coefficient (Wildman–Crippen LogP) is 2.82. The van der Waals surface area contributed by atoms with E-state index in [4.69, 9.17) is 4.74 Å². The zero-order chi connectivity index (χ0) is 18.0. The Hall–Kier alpha value is -2.93. The molecular formula is C18H18N2O5. The predicted molar refractivity (Wildman–Crippen MR) is 90.5 cm³/mol. The molecular weight excluding hydrogens is 324 g/mol. The Morgan fingerprint density at radius 1 is 1.32 bits per heavy atom. The van der Waals surface area contributed by atoms with Gasteiger partial charge in [0.25, 0.3) is 5.91 Å². The van der Waals surface area contributed by atoms with Gasteiger partial charge in [-0.15, -0.1) is 0 Å². The smallest absolute Gasteiger partial charge is 0.311 e. The van der Waals surface area contributed by atoms with E-state index in [-0.39, 0.29) is 17.6 Å². The van der Waals surface area contributed by atoms with Gasteiger partial charge in [-0.3, -0.25) is 14.9 Å². The van der Waals surface area contributed by atoms with E-state index in [9.17, 15) is 20.0 Å². The van der Waals surface area contributed by atoms with Crippen LogP contribution in [0.3, 0.4) is 0 Å². The highest BCUT2D eigenvalue weighted by molar-refractivity contribution is 5.95. The second-order valence-corrected chi connectivity index (χ2v) is 5.93. The minimum absolute atomic E-state index is 0.176. The fraction of sp³-hybridized carbons (Fsp3) is 0.278. The number of morpholine rings is 1. The minimum Gasteiger partial charge on any atom is -0.502 e. The maximum atomic E-state index is 12.7. The maximum Gasteiger partial charge on any atom is 0.311 e. The van der Waals surface area contributed by atoms with Gasteiger partial charge in [0.05, 0.1) is 18.1 Å². The van der Waals surface area contributed by atoms with E-state index in [1.165, 1.54) is 12.1 Å². The number of hydrogen-bond acceptors (Lipinski definition) is 5. The first-order valence-electron chi connectivity index (χ1n) is 7.91. The van der Waals surface area contributed by atoms with Crippen molar-refractivity contribution in [3.63, 3.8) is 0 Å². The van der Waals surface area contributed by atoms with Crippen LogP contribution in [0.1, 0.15) is 27.6 Å². The highest BCUT2D eigenvalue weighted by Gasteiger charge is 2.28. The fourth-order valence-corrected chi connectivity index (χ4v) is 2.96. The number of hydrogen-bond donors (Lipinski definition) is 1. The molecule has 7 nitrogen and oxygen atoms in total. The molecule has 1 aliphatic heterocycles. The van der Waals surface area contributed by atoms with Crippen molar-refractivity contribution >= 4 is 11.6 Å². The van der Waals surface area contributed by atoms with Crippen molar-refractivity contribution in [3.05, 3.63) is 69.3 Å². The Balaban J connectivity index is 1.82. The van der Waals surface area contributed by atoms with Crippen molar-refractivity contribution in [2.45, 2.75) is 13.0 Å². The molecule has 2 aromatic rings. The molecule has 130 valence electrons. The summed E-state index contributed by atoms with van der Waals surface area (Å²) in [5.41, 5.74) is 1.81. The summed E-state index contributed by atoms with van der Waals surface area (Å²) in [4.78, 5) is 24.6. The number of nitro benzene ring substituents is 1. The summed E-state index contributed by atoms with van der Waals surface area (Å²) in [6, 6.07) is 11.5. The van der Waals surface area contributed by atoms with E-state index < -0.39 is 16.4 Å².